The Labute approximate surface area is 383 Å². The van der Waals surface area contributed by atoms with Crippen LogP contribution in [0.1, 0.15) is 75.1 Å². The predicted molar refractivity (Wildman–Crippen MR) is 266 cm³/mol. The molecule has 0 heterocycles. The van der Waals surface area contributed by atoms with Gasteiger partial charge in [0.25, 0.3) is 0 Å². The third-order valence-electron chi connectivity index (χ3n) is 7.27. The molecular weight excluding hydrogens is 941 g/mol. The molecule has 0 fully saturated rings. The third-order valence-corrected chi connectivity index (χ3v) is 13.4. The molecule has 0 spiro atoms. The minimum absolute atomic E-state index is 0. The molecule has 14 heteroatoms. The molecule has 5 rings (SSSR count). The first kappa shape index (κ1) is 53.0. The van der Waals surface area contributed by atoms with Crippen LogP contribution in [0.25, 0.3) is 10.8 Å². The van der Waals surface area contributed by atoms with E-state index >= 15 is 0 Å². The maximum atomic E-state index is 12.9. The summed E-state index contributed by atoms with van der Waals surface area (Å²) in [7, 11) is 0. The molecule has 0 amide bonds. The van der Waals surface area contributed by atoms with Crippen molar-refractivity contribution in [3.05, 3.63) is 149 Å². The smallest absolute Gasteiger partial charge is 0.142 e. The first-order valence-corrected chi connectivity index (χ1v) is 23.1. The minimum atomic E-state index is -0.401. The number of fused-ring (bicyclic) bond motifs is 1. The van der Waals surface area contributed by atoms with E-state index in [4.69, 9.17) is 68.0 Å². The van der Waals surface area contributed by atoms with Crippen LogP contribution in [0.2, 0.25) is 20.1 Å². The highest BCUT2D eigenvalue weighted by Crippen LogP contribution is 2.33. The fraction of sp³-hybridized carbons (Fsp3) is 0.256. The molecule has 0 bridgehead atoms. The molecule has 0 aliphatic heterocycles. The van der Waals surface area contributed by atoms with Gasteiger partial charge in [-0.05, 0) is 126 Å². The molecule has 0 saturated heterocycles. The van der Waals surface area contributed by atoms with Crippen LogP contribution < -0.4 is 0 Å². The number of nitrogens with one attached hydrogen (secondary N) is 4. The zero-order chi connectivity index (χ0) is 41.9. The molecule has 4 N–H and O–H groups in total. The lowest BCUT2D eigenvalue weighted by Gasteiger charge is -2.11. The Morgan fingerprint density at radius 3 is 1.68 bits per heavy atom. The molecule has 5 aromatic rings. The van der Waals surface area contributed by atoms with Crippen LogP contribution in [0.3, 0.4) is 0 Å². The van der Waals surface area contributed by atoms with E-state index in [1.165, 1.54) is 69.3 Å². The Kier molecular flexibility index (Phi) is 25.8. The van der Waals surface area contributed by atoms with Gasteiger partial charge in [-0.1, -0.05) is 114 Å². The molecule has 0 radical (unpaired) electrons. The summed E-state index contributed by atoms with van der Waals surface area (Å²) in [6, 6.07) is 28.8. The second-order valence-corrected chi connectivity index (χ2v) is 19.7. The molecule has 0 saturated carbocycles. The van der Waals surface area contributed by atoms with Gasteiger partial charge in [0.2, 0.25) is 0 Å². The number of hydrogen-bond donors (Lipinski definition) is 4. The lowest BCUT2D eigenvalue weighted by atomic mass is 10.1. The van der Waals surface area contributed by atoms with Gasteiger partial charge in [-0.15, -0.1) is 47.0 Å². The van der Waals surface area contributed by atoms with Gasteiger partial charge in [-0.3, -0.25) is 21.6 Å². The molecule has 0 aliphatic rings. The van der Waals surface area contributed by atoms with Crippen molar-refractivity contribution in [2.24, 2.45) is 0 Å². The molecule has 0 aromatic heterocycles. The number of hydrogen-bond acceptors (Lipinski definition) is 8. The summed E-state index contributed by atoms with van der Waals surface area (Å²) in [6.07, 6.45) is 0. The highest BCUT2D eigenvalue weighted by atomic mass is 79.9. The van der Waals surface area contributed by atoms with Crippen molar-refractivity contribution in [3.8, 4) is 0 Å². The maximum Gasteiger partial charge on any atom is 0.142 e. The maximum absolute atomic E-state index is 12.9. The minimum Gasteiger partial charge on any atom is -0.299 e. The zero-order valence-electron chi connectivity index (χ0n) is 31.8. The summed E-state index contributed by atoms with van der Waals surface area (Å²) in [6.45, 7) is 11.1. The second kappa shape index (κ2) is 27.7. The van der Waals surface area contributed by atoms with Crippen molar-refractivity contribution in [2.75, 3.05) is 0 Å². The van der Waals surface area contributed by atoms with Gasteiger partial charge in [0, 0.05) is 32.0 Å². The molecule has 4 nitrogen and oxygen atoms in total. The highest BCUT2D eigenvalue weighted by Gasteiger charge is 2.09. The Bertz CT molecular complexity index is 2070. The summed E-state index contributed by atoms with van der Waals surface area (Å²) >= 11 is 32.7. The topological polar surface area (TPSA) is 95.4 Å². The number of halogens is 6. The monoisotopic (exact) mass is 986 g/mol. The third kappa shape index (κ3) is 20.7. The summed E-state index contributed by atoms with van der Waals surface area (Å²) < 4.78 is 14.1. The van der Waals surface area contributed by atoms with Crippen LogP contribution in [0.4, 0.5) is 4.39 Å². The quantitative estimate of drug-likeness (QED) is 0.0920. The van der Waals surface area contributed by atoms with Crippen LogP contribution in [0, 0.1) is 34.4 Å². The molecule has 1 atom stereocenters. The number of thioether (sulfide) groups is 4. The normalized spacial score (nSPS) is 10.7. The van der Waals surface area contributed by atoms with Gasteiger partial charge in [0.05, 0.1) is 35.2 Å². The number of benzene rings is 5. The number of aryl methyl sites for hydroxylation is 1. The number of rotatable bonds is 8. The van der Waals surface area contributed by atoms with Gasteiger partial charge >= 0.3 is 0 Å². The van der Waals surface area contributed by atoms with Crippen LogP contribution in [0.5, 0.6) is 0 Å². The Morgan fingerprint density at radius 2 is 1.16 bits per heavy atom. The first-order valence-electron chi connectivity index (χ1n) is 16.9. The molecular formula is C43H48BrCl4FN4S4. The van der Waals surface area contributed by atoms with Crippen molar-refractivity contribution >= 4 is 140 Å². The van der Waals surface area contributed by atoms with Gasteiger partial charge in [0.1, 0.15) is 5.82 Å². The molecule has 1 unspecified atom stereocenters. The lowest BCUT2D eigenvalue weighted by Crippen LogP contribution is -1.91. The summed E-state index contributed by atoms with van der Waals surface area (Å²) in [5.41, 5.74) is 5.51. The standard InChI is InChI=1S/C13H12BrNS.C10H11Cl2NS.C10H12ClNS.C9H9ClFNS.CH4/c1-9(15)16-8-11-7-6-10-4-2-3-5-12(10)13(11)14;1-6(14-7(2)13)8-3-4-9(11)10(12)5-8;1-7-5-9(3-4-10(7)11)6-13-8(2)12;1-6(12)13-5-7-2-3-8(10)9(11)4-7;/h2-7,15H,8H2,1H3;3-6,13H,1-2H3;3-5,12H,6H2,1-2H3;2-4,12H,5H2,1H3;1H4. The highest BCUT2D eigenvalue weighted by molar-refractivity contribution is 9.10. The van der Waals surface area contributed by atoms with E-state index in [0.717, 1.165) is 37.7 Å². The molecule has 0 aliphatic carbocycles. The average molecular weight is 990 g/mol. The summed E-state index contributed by atoms with van der Waals surface area (Å²) in [5, 5.41) is 36.5. The lowest BCUT2D eigenvalue weighted by molar-refractivity contribution is 0.627. The van der Waals surface area contributed by atoms with E-state index in [1.807, 2.05) is 57.2 Å². The van der Waals surface area contributed by atoms with Gasteiger partial charge in [0.15, 0.2) is 0 Å². The average Bonchev–Trinajstić information content (AvgIpc) is 3.14. The Balaban J connectivity index is 0.000000379. The first-order chi connectivity index (χ1) is 26.4. The van der Waals surface area contributed by atoms with Crippen molar-refractivity contribution < 1.29 is 4.39 Å². The van der Waals surface area contributed by atoms with Crippen molar-refractivity contribution in [3.63, 3.8) is 0 Å². The summed E-state index contributed by atoms with van der Waals surface area (Å²) in [4.78, 5) is 0. The molecule has 5 aromatic carbocycles. The van der Waals surface area contributed by atoms with E-state index in [2.05, 4.69) is 46.3 Å². The van der Waals surface area contributed by atoms with E-state index in [-0.39, 0.29) is 17.7 Å². The fourth-order valence-corrected chi connectivity index (χ4v) is 8.40. The van der Waals surface area contributed by atoms with Crippen molar-refractivity contribution in [1.82, 2.24) is 0 Å². The van der Waals surface area contributed by atoms with Crippen molar-refractivity contribution in [1.29, 1.82) is 21.6 Å². The second-order valence-electron chi connectivity index (χ2n) is 12.1. The van der Waals surface area contributed by atoms with Gasteiger partial charge < -0.3 is 0 Å². The zero-order valence-corrected chi connectivity index (χ0v) is 39.6. The van der Waals surface area contributed by atoms with Crippen LogP contribution in [-0.4, -0.2) is 20.2 Å². The van der Waals surface area contributed by atoms with E-state index < -0.39 is 5.82 Å². The van der Waals surface area contributed by atoms with E-state index in [0.29, 0.717) is 36.0 Å². The van der Waals surface area contributed by atoms with Gasteiger partial charge in [-0.2, -0.15) is 0 Å². The van der Waals surface area contributed by atoms with Crippen molar-refractivity contribution in [2.45, 2.75) is 71.5 Å². The van der Waals surface area contributed by atoms with Gasteiger partial charge in [-0.25, -0.2) is 4.39 Å². The van der Waals surface area contributed by atoms with Crippen LogP contribution >= 0.6 is 109 Å². The van der Waals surface area contributed by atoms with Crippen LogP contribution in [0.15, 0.2) is 95.5 Å². The largest absolute Gasteiger partial charge is 0.299 e. The molecule has 57 heavy (non-hydrogen) atoms. The fourth-order valence-electron chi connectivity index (χ4n) is 4.48. The van der Waals surface area contributed by atoms with E-state index in [9.17, 15) is 4.39 Å². The summed E-state index contributed by atoms with van der Waals surface area (Å²) in [5.74, 6) is 1.92. The van der Waals surface area contributed by atoms with Crippen LogP contribution in [-0.2, 0) is 17.3 Å². The Hall–Kier alpha value is -1.99. The Morgan fingerprint density at radius 1 is 0.632 bits per heavy atom. The van der Waals surface area contributed by atoms with E-state index in [1.54, 1.807) is 44.7 Å². The molecule has 306 valence electrons. The predicted octanol–water partition coefficient (Wildman–Crippen LogP) is 17.8. The SMILES string of the molecule is C.CC(=N)SC(C)c1ccc(Cl)c(Cl)c1.CC(=N)SCc1ccc(Cl)c(C)c1.CC(=N)SCc1ccc(Cl)c(F)c1.CC(=N)SCc1ccc2ccccc2c1Br.